The normalized spacial score (nSPS) is 13.8. The molecule has 3 aromatic carbocycles. The van der Waals surface area contributed by atoms with Crippen molar-refractivity contribution < 1.29 is 19.0 Å². The van der Waals surface area contributed by atoms with Gasteiger partial charge in [-0.25, -0.2) is 9.37 Å². The van der Waals surface area contributed by atoms with Crippen molar-refractivity contribution >= 4 is 17.0 Å². The van der Waals surface area contributed by atoms with Gasteiger partial charge in [-0.2, -0.15) is 0 Å². The summed E-state index contributed by atoms with van der Waals surface area (Å²) in [6.45, 7) is 6.35. The third-order valence-corrected chi connectivity index (χ3v) is 7.56. The zero-order valence-electron chi connectivity index (χ0n) is 22.5. The molecule has 0 amide bonds. The van der Waals surface area contributed by atoms with Gasteiger partial charge in [0, 0.05) is 31.0 Å². The molecule has 1 aromatic heterocycles. The molecule has 4 aromatic rings. The molecule has 0 saturated carbocycles. The highest BCUT2D eigenvalue weighted by atomic mass is 19.1. The van der Waals surface area contributed by atoms with E-state index in [1.807, 2.05) is 30.3 Å². The lowest BCUT2D eigenvalue weighted by Gasteiger charge is -2.18. The lowest BCUT2D eigenvalue weighted by Crippen LogP contribution is -2.23. The monoisotopic (exact) mass is 529 g/mol. The van der Waals surface area contributed by atoms with E-state index in [0.717, 1.165) is 71.8 Å². The summed E-state index contributed by atoms with van der Waals surface area (Å²) in [5, 5.41) is 8.93. The first-order chi connectivity index (χ1) is 19.0. The van der Waals surface area contributed by atoms with Crippen molar-refractivity contribution in [3.8, 4) is 5.75 Å². The van der Waals surface area contributed by atoms with Gasteiger partial charge < -0.3 is 19.3 Å². The summed E-state index contributed by atoms with van der Waals surface area (Å²) in [6.07, 6.45) is 4.79. The smallest absolute Gasteiger partial charge is 0.303 e. The molecule has 39 heavy (non-hydrogen) atoms. The zero-order valence-corrected chi connectivity index (χ0v) is 22.5. The summed E-state index contributed by atoms with van der Waals surface area (Å²) in [5.74, 6) is 0.780. The van der Waals surface area contributed by atoms with Crippen molar-refractivity contribution in [3.05, 3.63) is 94.6 Å². The molecule has 0 unspecified atom stereocenters. The van der Waals surface area contributed by atoms with Gasteiger partial charge in [-0.3, -0.25) is 4.79 Å². The number of para-hydroxylation sites is 1. The minimum Gasteiger partial charge on any atom is -0.488 e. The van der Waals surface area contributed by atoms with E-state index in [1.165, 1.54) is 25.0 Å². The number of likely N-dealkylation sites (tertiary alicyclic amines) is 1. The van der Waals surface area contributed by atoms with Crippen LogP contribution in [0.4, 0.5) is 4.39 Å². The number of fused-ring (bicyclic) bond motifs is 1. The molecule has 1 N–H and O–H groups in total. The molecule has 0 radical (unpaired) electrons. The minimum atomic E-state index is -0.791. The van der Waals surface area contributed by atoms with Crippen LogP contribution in [-0.4, -0.2) is 45.2 Å². The molecule has 6 nitrogen and oxygen atoms in total. The molecule has 1 saturated heterocycles. The van der Waals surface area contributed by atoms with Gasteiger partial charge in [0.25, 0.3) is 0 Å². The Balaban J connectivity index is 1.39. The second-order valence-electron chi connectivity index (χ2n) is 10.3. The SMILES string of the molecule is CCc1cccc(Cn2c(CCN3CCCC3)nc3cc(F)ccc32)c1OCc1ccc(CCC(=O)O)cc1. The molecular weight excluding hydrogens is 493 g/mol. The molecule has 2 heterocycles. The van der Waals surface area contributed by atoms with Gasteiger partial charge in [-0.1, -0.05) is 49.4 Å². The third-order valence-electron chi connectivity index (χ3n) is 7.56. The third kappa shape index (κ3) is 6.66. The van der Waals surface area contributed by atoms with E-state index in [4.69, 9.17) is 14.8 Å². The maximum Gasteiger partial charge on any atom is 0.303 e. The summed E-state index contributed by atoms with van der Waals surface area (Å²) in [6, 6.07) is 19.1. The van der Waals surface area contributed by atoms with Crippen LogP contribution in [0.2, 0.25) is 0 Å². The predicted molar refractivity (Wildman–Crippen MR) is 151 cm³/mol. The van der Waals surface area contributed by atoms with E-state index in [2.05, 4.69) is 34.6 Å². The fourth-order valence-corrected chi connectivity index (χ4v) is 5.39. The van der Waals surface area contributed by atoms with E-state index in [0.29, 0.717) is 25.1 Å². The quantitative estimate of drug-likeness (QED) is 0.243. The van der Waals surface area contributed by atoms with E-state index < -0.39 is 5.97 Å². The number of carboxylic acids is 1. The number of carboxylic acid groups (broad SMARTS) is 1. The second kappa shape index (κ2) is 12.4. The summed E-state index contributed by atoms with van der Waals surface area (Å²) in [5.41, 5.74) is 5.85. The molecule has 0 bridgehead atoms. The van der Waals surface area contributed by atoms with Crippen LogP contribution >= 0.6 is 0 Å². The number of hydrogen-bond acceptors (Lipinski definition) is 4. The number of aryl methyl sites for hydroxylation is 2. The van der Waals surface area contributed by atoms with Gasteiger partial charge in [0.2, 0.25) is 0 Å². The van der Waals surface area contributed by atoms with Gasteiger partial charge in [0.15, 0.2) is 0 Å². The van der Waals surface area contributed by atoms with Crippen molar-refractivity contribution in [2.75, 3.05) is 19.6 Å². The summed E-state index contributed by atoms with van der Waals surface area (Å²) >= 11 is 0. The Hall–Kier alpha value is -3.71. The number of hydrogen-bond donors (Lipinski definition) is 1. The Kier molecular flexibility index (Phi) is 8.57. The van der Waals surface area contributed by atoms with Gasteiger partial charge in [-0.05, 0) is 67.6 Å². The van der Waals surface area contributed by atoms with Crippen LogP contribution in [0.5, 0.6) is 5.75 Å². The topological polar surface area (TPSA) is 67.6 Å². The van der Waals surface area contributed by atoms with Crippen LogP contribution in [0, 0.1) is 5.82 Å². The Bertz CT molecular complexity index is 1420. The number of aromatic nitrogens is 2. The number of halogens is 1. The first kappa shape index (κ1) is 26.9. The minimum absolute atomic E-state index is 0.124. The number of benzene rings is 3. The average Bonchev–Trinajstić information content (AvgIpc) is 3.58. The lowest BCUT2D eigenvalue weighted by molar-refractivity contribution is -0.136. The van der Waals surface area contributed by atoms with Crippen LogP contribution in [0.1, 0.15) is 54.3 Å². The molecule has 5 rings (SSSR count). The standard InChI is InChI=1S/C32H36FN3O3/c1-2-25-6-5-7-26(32(25)39-22-24-10-8-23(9-11-24)12-15-31(37)38)21-36-29-14-13-27(33)20-28(29)34-30(36)16-19-35-17-3-4-18-35/h5-11,13-14,20H,2-4,12,15-19,21-22H2,1H3,(H,37,38). The fourth-order valence-electron chi connectivity index (χ4n) is 5.39. The Morgan fingerprint density at radius 3 is 2.49 bits per heavy atom. The van der Waals surface area contributed by atoms with Crippen LogP contribution in [0.15, 0.2) is 60.7 Å². The first-order valence-corrected chi connectivity index (χ1v) is 13.9. The molecule has 0 spiro atoms. The van der Waals surface area contributed by atoms with Crippen molar-refractivity contribution in [2.24, 2.45) is 0 Å². The molecule has 1 aliphatic rings. The highest BCUT2D eigenvalue weighted by Gasteiger charge is 2.18. The average molecular weight is 530 g/mol. The van der Waals surface area contributed by atoms with Crippen molar-refractivity contribution in [2.45, 2.75) is 58.6 Å². The molecule has 7 heteroatoms. The van der Waals surface area contributed by atoms with Crippen LogP contribution in [-0.2, 0) is 37.2 Å². The predicted octanol–water partition coefficient (Wildman–Crippen LogP) is 6.02. The number of ether oxygens (including phenoxy) is 1. The second-order valence-corrected chi connectivity index (χ2v) is 10.3. The van der Waals surface area contributed by atoms with Crippen LogP contribution in [0.25, 0.3) is 11.0 Å². The number of imidazole rings is 1. The number of rotatable bonds is 12. The van der Waals surface area contributed by atoms with E-state index >= 15 is 0 Å². The number of nitrogens with zero attached hydrogens (tertiary/aromatic N) is 3. The largest absolute Gasteiger partial charge is 0.488 e. The van der Waals surface area contributed by atoms with Gasteiger partial charge >= 0.3 is 5.97 Å². The van der Waals surface area contributed by atoms with Crippen LogP contribution < -0.4 is 4.74 Å². The van der Waals surface area contributed by atoms with Gasteiger partial charge in [0.05, 0.1) is 17.6 Å². The fraction of sp³-hybridized carbons (Fsp3) is 0.375. The van der Waals surface area contributed by atoms with Crippen LogP contribution in [0.3, 0.4) is 0 Å². The van der Waals surface area contributed by atoms with E-state index in [9.17, 15) is 9.18 Å². The number of carbonyl (C=O) groups is 1. The molecular formula is C32H36FN3O3. The maximum absolute atomic E-state index is 14.1. The summed E-state index contributed by atoms with van der Waals surface area (Å²) in [4.78, 5) is 18.2. The molecule has 204 valence electrons. The summed E-state index contributed by atoms with van der Waals surface area (Å²) in [7, 11) is 0. The Labute approximate surface area is 229 Å². The van der Waals surface area contributed by atoms with E-state index in [-0.39, 0.29) is 12.2 Å². The molecule has 0 aliphatic carbocycles. The Morgan fingerprint density at radius 2 is 1.74 bits per heavy atom. The first-order valence-electron chi connectivity index (χ1n) is 13.9. The lowest BCUT2D eigenvalue weighted by atomic mass is 10.1. The maximum atomic E-state index is 14.1. The zero-order chi connectivity index (χ0) is 27.2. The van der Waals surface area contributed by atoms with Crippen molar-refractivity contribution in [1.82, 2.24) is 14.5 Å². The highest BCUT2D eigenvalue weighted by molar-refractivity contribution is 5.76. The Morgan fingerprint density at radius 1 is 1.00 bits per heavy atom. The molecule has 1 fully saturated rings. The van der Waals surface area contributed by atoms with Crippen molar-refractivity contribution in [1.29, 1.82) is 0 Å². The number of aliphatic carboxylic acids is 1. The molecule has 1 aliphatic heterocycles. The van der Waals surface area contributed by atoms with Gasteiger partial charge in [0.1, 0.15) is 24.0 Å². The van der Waals surface area contributed by atoms with E-state index in [1.54, 1.807) is 0 Å². The molecule has 0 atom stereocenters. The highest BCUT2D eigenvalue weighted by Crippen LogP contribution is 2.29. The summed E-state index contributed by atoms with van der Waals surface area (Å²) < 4.78 is 22.7. The van der Waals surface area contributed by atoms with Gasteiger partial charge in [-0.15, -0.1) is 0 Å². The van der Waals surface area contributed by atoms with Crippen molar-refractivity contribution in [3.63, 3.8) is 0 Å².